The van der Waals surface area contributed by atoms with Crippen molar-refractivity contribution in [3.63, 3.8) is 0 Å². The zero-order valence-electron chi connectivity index (χ0n) is 15.2. The third kappa shape index (κ3) is 1.73. The van der Waals surface area contributed by atoms with Gasteiger partial charge >= 0.3 is 0 Å². The van der Waals surface area contributed by atoms with E-state index in [0.717, 1.165) is 16.4 Å². The minimum atomic E-state index is 0.264. The van der Waals surface area contributed by atoms with E-state index in [4.69, 9.17) is 5.73 Å². The second-order valence-corrected chi connectivity index (χ2v) is 8.45. The summed E-state index contributed by atoms with van der Waals surface area (Å²) in [5, 5.41) is 20.8. The van der Waals surface area contributed by atoms with Gasteiger partial charge in [-0.15, -0.1) is 0 Å². The summed E-state index contributed by atoms with van der Waals surface area (Å²) >= 11 is 0. The lowest BCUT2D eigenvalue weighted by atomic mass is 9.69. The first-order chi connectivity index (χ1) is 13.8. The predicted molar refractivity (Wildman–Crippen MR) is 110 cm³/mol. The number of nitrogen functional groups attached to an aromatic ring is 1. The molecule has 2 unspecified atom stereocenters. The minimum absolute atomic E-state index is 0.264. The summed E-state index contributed by atoms with van der Waals surface area (Å²) in [6.45, 7) is 0. The van der Waals surface area contributed by atoms with E-state index in [1.54, 1.807) is 0 Å². The highest BCUT2D eigenvalue weighted by Crippen LogP contribution is 2.62. The number of fused-ring (bicyclic) bond motifs is 10. The Morgan fingerprint density at radius 1 is 0.964 bits per heavy atom. The molecule has 4 aromatic rings. The van der Waals surface area contributed by atoms with E-state index in [0.29, 0.717) is 29.5 Å². The molecule has 0 amide bonds. The average Bonchev–Trinajstić information content (AvgIpc) is 3.51. The van der Waals surface area contributed by atoms with Crippen molar-refractivity contribution < 1.29 is 0 Å². The van der Waals surface area contributed by atoms with Crippen LogP contribution in [0.15, 0.2) is 48.7 Å². The first kappa shape index (κ1) is 14.7. The quantitative estimate of drug-likeness (QED) is 0.381. The van der Waals surface area contributed by atoms with Gasteiger partial charge in [0.1, 0.15) is 0 Å². The summed E-state index contributed by atoms with van der Waals surface area (Å²) in [7, 11) is 0. The van der Waals surface area contributed by atoms with Gasteiger partial charge < -0.3 is 11.1 Å². The highest BCUT2D eigenvalue weighted by Gasteiger charge is 2.52. The Morgan fingerprint density at radius 3 is 2.79 bits per heavy atom. The molecule has 6 heteroatoms. The Bertz CT molecular complexity index is 1280. The largest absolute Gasteiger partial charge is 0.382 e. The molecule has 2 aliphatic carbocycles. The maximum atomic E-state index is 6.08. The molecular weight excluding hydrogens is 348 g/mol. The zero-order chi connectivity index (χ0) is 18.4. The van der Waals surface area contributed by atoms with Gasteiger partial charge in [-0.2, -0.15) is 10.2 Å². The Balaban J connectivity index is 1.45. The van der Waals surface area contributed by atoms with Gasteiger partial charge in [0.05, 0.1) is 23.3 Å². The van der Waals surface area contributed by atoms with Crippen LogP contribution in [0.25, 0.3) is 21.8 Å². The molecule has 7 rings (SSSR count). The number of nitrogens with zero attached hydrogens (tertiary/aromatic N) is 2. The lowest BCUT2D eigenvalue weighted by Crippen LogP contribution is -2.34. The van der Waals surface area contributed by atoms with E-state index < -0.39 is 0 Å². The highest BCUT2D eigenvalue weighted by molar-refractivity contribution is 5.90. The maximum Gasteiger partial charge on any atom is 0.153 e. The number of nitrogens with two attached hydrogens (primary N) is 1. The summed E-state index contributed by atoms with van der Waals surface area (Å²) in [6.07, 6.45) is 8.11. The second kappa shape index (κ2) is 4.95. The molecule has 1 aliphatic heterocycles. The Hall–Kier alpha value is -3.28. The minimum Gasteiger partial charge on any atom is -0.382 e. The normalized spacial score (nSPS) is 29.9. The van der Waals surface area contributed by atoms with Crippen molar-refractivity contribution in [2.45, 2.75) is 18.4 Å². The molecule has 0 spiro atoms. The van der Waals surface area contributed by atoms with Crippen LogP contribution in [0.4, 0.5) is 11.5 Å². The average molecular weight is 368 g/mol. The Kier molecular flexibility index (Phi) is 2.61. The van der Waals surface area contributed by atoms with Crippen molar-refractivity contribution in [2.24, 2.45) is 17.8 Å². The van der Waals surface area contributed by atoms with Gasteiger partial charge in [0.2, 0.25) is 0 Å². The van der Waals surface area contributed by atoms with E-state index in [2.05, 4.69) is 68.2 Å². The number of rotatable bonds is 1. The fourth-order valence-electron chi connectivity index (χ4n) is 6.06. The number of hydrogen-bond acceptors (Lipinski definition) is 4. The Morgan fingerprint density at radius 2 is 1.82 bits per heavy atom. The number of aromatic amines is 2. The van der Waals surface area contributed by atoms with Gasteiger partial charge in [-0.3, -0.25) is 10.2 Å². The number of allylic oxidation sites excluding steroid dienone is 2. The molecule has 0 radical (unpaired) electrons. The topological polar surface area (TPSA) is 95.4 Å². The van der Waals surface area contributed by atoms with E-state index in [-0.39, 0.29) is 6.04 Å². The zero-order valence-corrected chi connectivity index (χ0v) is 15.2. The van der Waals surface area contributed by atoms with E-state index in [9.17, 15) is 0 Å². The molecule has 28 heavy (non-hydrogen) atoms. The van der Waals surface area contributed by atoms with Crippen LogP contribution in [-0.2, 0) is 0 Å². The van der Waals surface area contributed by atoms with Crippen LogP contribution in [0.5, 0.6) is 0 Å². The lowest BCUT2D eigenvalue weighted by molar-refractivity contribution is 0.335. The third-order valence-electron chi connectivity index (χ3n) is 7.19. The van der Waals surface area contributed by atoms with Crippen LogP contribution in [0.1, 0.15) is 29.5 Å². The van der Waals surface area contributed by atoms with Crippen molar-refractivity contribution in [3.05, 3.63) is 59.8 Å². The molecule has 1 fully saturated rings. The van der Waals surface area contributed by atoms with Crippen LogP contribution in [0.2, 0.25) is 0 Å². The predicted octanol–water partition coefficient (Wildman–Crippen LogP) is 4.09. The van der Waals surface area contributed by atoms with Crippen molar-refractivity contribution in [1.82, 2.24) is 20.4 Å². The third-order valence-corrected chi connectivity index (χ3v) is 7.19. The fourth-order valence-corrected chi connectivity index (χ4v) is 6.06. The van der Waals surface area contributed by atoms with Gasteiger partial charge in [0, 0.05) is 16.5 Å². The number of benzene rings is 2. The summed E-state index contributed by atoms with van der Waals surface area (Å²) in [5.74, 6) is 2.85. The number of aromatic nitrogens is 4. The van der Waals surface area contributed by atoms with Crippen LogP contribution >= 0.6 is 0 Å². The van der Waals surface area contributed by atoms with Crippen molar-refractivity contribution >= 4 is 33.3 Å². The monoisotopic (exact) mass is 368 g/mol. The molecule has 6 nitrogen and oxygen atoms in total. The van der Waals surface area contributed by atoms with Gasteiger partial charge in [-0.05, 0) is 65.5 Å². The van der Waals surface area contributed by atoms with E-state index >= 15 is 0 Å². The molecule has 0 saturated heterocycles. The SMILES string of the molecule is Nc1n[nH]c2ccc([C@@H]3Nc4ccc5[nH]ncc5c4[C@H]4C5C=CC(C5)[C@@H]34)cc12. The summed E-state index contributed by atoms with van der Waals surface area (Å²) in [5.41, 5.74) is 12.2. The Labute approximate surface area is 161 Å². The molecular formula is C22H20N6. The first-order valence-corrected chi connectivity index (χ1v) is 9.92. The summed E-state index contributed by atoms with van der Waals surface area (Å²) in [6, 6.07) is 11.1. The smallest absolute Gasteiger partial charge is 0.153 e. The second-order valence-electron chi connectivity index (χ2n) is 8.45. The van der Waals surface area contributed by atoms with Crippen LogP contribution in [0.3, 0.4) is 0 Å². The standard InChI is InChI=1S/C22H20N6/c23-22-13-8-12(3-4-15(13)27-28-22)21-19-11-2-1-10(7-11)18(19)20-14-9-24-26-16(14)5-6-17(20)25-21/h1-6,8-11,18-19,21,25H,7H2,(H,24,26)(H3,23,27,28)/t10?,11?,18-,19+,21-/m0/s1. The van der Waals surface area contributed by atoms with Crippen LogP contribution in [-0.4, -0.2) is 20.4 Å². The molecule has 3 aliphatic rings. The van der Waals surface area contributed by atoms with Gasteiger partial charge in [0.15, 0.2) is 5.82 Å². The molecule has 2 aromatic heterocycles. The highest BCUT2D eigenvalue weighted by atomic mass is 15.1. The first-order valence-electron chi connectivity index (χ1n) is 9.92. The maximum absolute atomic E-state index is 6.08. The summed E-state index contributed by atoms with van der Waals surface area (Å²) in [4.78, 5) is 0. The van der Waals surface area contributed by atoms with E-state index in [1.165, 1.54) is 28.6 Å². The molecule has 3 heterocycles. The van der Waals surface area contributed by atoms with Crippen molar-refractivity contribution in [1.29, 1.82) is 0 Å². The summed E-state index contributed by atoms with van der Waals surface area (Å²) < 4.78 is 0. The molecule has 2 aromatic carbocycles. The molecule has 138 valence electrons. The van der Waals surface area contributed by atoms with Crippen molar-refractivity contribution in [3.8, 4) is 0 Å². The van der Waals surface area contributed by atoms with Crippen LogP contribution < -0.4 is 11.1 Å². The molecule has 5 atom stereocenters. The lowest BCUT2D eigenvalue weighted by Gasteiger charge is -2.42. The van der Waals surface area contributed by atoms with Crippen LogP contribution in [0, 0.1) is 17.8 Å². The number of nitrogens with one attached hydrogen (secondary N) is 3. The molecule has 2 bridgehead atoms. The van der Waals surface area contributed by atoms with Gasteiger partial charge in [0.25, 0.3) is 0 Å². The number of hydrogen-bond donors (Lipinski definition) is 4. The van der Waals surface area contributed by atoms with E-state index in [1.807, 2.05) is 6.20 Å². The number of H-pyrrole nitrogens is 2. The fraction of sp³-hybridized carbons (Fsp3) is 0.273. The van der Waals surface area contributed by atoms with Crippen molar-refractivity contribution in [2.75, 3.05) is 11.1 Å². The molecule has 1 saturated carbocycles. The number of anilines is 2. The van der Waals surface area contributed by atoms with Gasteiger partial charge in [-0.25, -0.2) is 0 Å². The molecule has 5 N–H and O–H groups in total. The van der Waals surface area contributed by atoms with Gasteiger partial charge in [-0.1, -0.05) is 18.2 Å².